The van der Waals surface area contributed by atoms with E-state index in [1.807, 2.05) is 20.0 Å². The van der Waals surface area contributed by atoms with Gasteiger partial charge < -0.3 is 10.5 Å². The van der Waals surface area contributed by atoms with E-state index in [1.54, 1.807) is 0 Å². The molecule has 3 nitrogen and oxygen atoms in total. The molecule has 0 saturated heterocycles. The summed E-state index contributed by atoms with van der Waals surface area (Å²) in [6, 6.07) is 1.25. The molecule has 0 aliphatic heterocycles. The van der Waals surface area contributed by atoms with Gasteiger partial charge in [0, 0.05) is 6.04 Å². The largest absolute Gasteiger partial charge is 0.432 e. The predicted molar refractivity (Wildman–Crippen MR) is 55.4 cm³/mol. The first-order chi connectivity index (χ1) is 5.35. The van der Waals surface area contributed by atoms with Crippen LogP contribution in [0.2, 0.25) is 19.1 Å². The summed E-state index contributed by atoms with van der Waals surface area (Å²) >= 11 is 0. The van der Waals surface area contributed by atoms with E-state index in [2.05, 4.69) is 12.2 Å². The minimum absolute atomic E-state index is 0.0197. The van der Waals surface area contributed by atoms with Gasteiger partial charge in [-0.2, -0.15) is 0 Å². The van der Waals surface area contributed by atoms with Gasteiger partial charge in [-0.3, -0.25) is 5.32 Å². The average molecular weight is 190 g/mol. The van der Waals surface area contributed by atoms with Gasteiger partial charge >= 0.3 is 0 Å². The number of nitrogens with two attached hydrogens (primary N) is 1. The van der Waals surface area contributed by atoms with Crippen molar-refractivity contribution in [2.75, 3.05) is 0 Å². The van der Waals surface area contributed by atoms with E-state index in [0.717, 1.165) is 12.5 Å². The van der Waals surface area contributed by atoms with Crippen LogP contribution in [0.3, 0.4) is 0 Å². The molecular weight excluding hydrogens is 168 g/mol. The quantitative estimate of drug-likeness (QED) is 0.445. The molecule has 4 heteroatoms. The molecule has 0 rings (SSSR count). The maximum atomic E-state index is 9.69. The van der Waals surface area contributed by atoms with Gasteiger partial charge in [0.05, 0.1) is 6.17 Å². The van der Waals surface area contributed by atoms with Crippen LogP contribution in [-0.2, 0) is 0 Å². The third kappa shape index (κ3) is 6.79. The molecule has 0 radical (unpaired) electrons. The zero-order chi connectivity index (χ0) is 9.78. The standard InChI is InChI=1S/C8H22N2OSi/c1-5-8(10-7(2)9)6-12(3,4)11/h7-8,10-11H,5-6,9H2,1-4H3. The summed E-state index contributed by atoms with van der Waals surface area (Å²) in [7, 11) is -1.93. The van der Waals surface area contributed by atoms with Gasteiger partial charge in [-0.1, -0.05) is 6.92 Å². The zero-order valence-corrected chi connectivity index (χ0v) is 9.59. The Bertz CT molecular complexity index is 123. The van der Waals surface area contributed by atoms with E-state index in [0.29, 0.717) is 6.04 Å². The monoisotopic (exact) mass is 190 g/mol. The van der Waals surface area contributed by atoms with Crippen LogP contribution in [0.1, 0.15) is 20.3 Å². The molecule has 0 heterocycles. The van der Waals surface area contributed by atoms with Crippen molar-refractivity contribution < 1.29 is 4.80 Å². The lowest BCUT2D eigenvalue weighted by molar-refractivity contribution is 0.442. The second-order valence-corrected chi connectivity index (χ2v) is 8.11. The number of hydrogen-bond acceptors (Lipinski definition) is 3. The molecule has 0 aromatic heterocycles. The van der Waals surface area contributed by atoms with Gasteiger partial charge in [0.25, 0.3) is 0 Å². The fourth-order valence-electron chi connectivity index (χ4n) is 1.30. The van der Waals surface area contributed by atoms with Gasteiger partial charge in [0.15, 0.2) is 8.32 Å². The molecule has 2 atom stereocenters. The molecule has 0 aromatic carbocycles. The lowest BCUT2D eigenvalue weighted by atomic mass is 10.2. The van der Waals surface area contributed by atoms with E-state index in [4.69, 9.17) is 5.73 Å². The van der Waals surface area contributed by atoms with Crippen LogP contribution in [-0.4, -0.2) is 25.3 Å². The molecule has 0 fully saturated rings. The Kier molecular flexibility index (Phi) is 5.00. The van der Waals surface area contributed by atoms with Crippen molar-refractivity contribution in [1.82, 2.24) is 5.32 Å². The highest BCUT2D eigenvalue weighted by molar-refractivity contribution is 6.69. The minimum atomic E-state index is -1.93. The smallest absolute Gasteiger partial charge is 0.184 e. The molecule has 0 saturated carbocycles. The lowest BCUT2D eigenvalue weighted by Crippen LogP contribution is -2.45. The van der Waals surface area contributed by atoms with Crippen LogP contribution >= 0.6 is 0 Å². The summed E-state index contributed by atoms with van der Waals surface area (Å²) in [6.45, 7) is 7.95. The Balaban J connectivity index is 3.83. The number of rotatable bonds is 5. The number of hydrogen-bond donors (Lipinski definition) is 3. The zero-order valence-electron chi connectivity index (χ0n) is 8.59. The lowest BCUT2D eigenvalue weighted by Gasteiger charge is -2.24. The molecule has 0 aliphatic carbocycles. The van der Waals surface area contributed by atoms with Gasteiger partial charge in [0.1, 0.15) is 0 Å². The summed E-state index contributed by atoms with van der Waals surface area (Å²) in [5.74, 6) is 0. The van der Waals surface area contributed by atoms with Crippen molar-refractivity contribution in [1.29, 1.82) is 0 Å². The molecule has 74 valence electrons. The first-order valence-corrected chi connectivity index (χ1v) is 7.74. The van der Waals surface area contributed by atoms with E-state index >= 15 is 0 Å². The topological polar surface area (TPSA) is 58.3 Å². The van der Waals surface area contributed by atoms with Crippen molar-refractivity contribution in [3.05, 3.63) is 0 Å². The van der Waals surface area contributed by atoms with Crippen molar-refractivity contribution in [2.45, 2.75) is 51.6 Å². The molecule has 12 heavy (non-hydrogen) atoms. The third-order valence-corrected chi connectivity index (χ3v) is 3.23. The van der Waals surface area contributed by atoms with E-state index in [9.17, 15) is 4.80 Å². The average Bonchev–Trinajstić information content (AvgIpc) is 1.82. The SMILES string of the molecule is CCC(C[Si](C)(C)O)NC(C)N. The molecule has 2 unspecified atom stereocenters. The Labute approximate surface area is 76.5 Å². The Hall–Kier alpha value is 0.0969. The highest BCUT2D eigenvalue weighted by Gasteiger charge is 2.22. The summed E-state index contributed by atoms with van der Waals surface area (Å²) < 4.78 is 0. The maximum absolute atomic E-state index is 9.69. The summed E-state index contributed by atoms with van der Waals surface area (Å²) in [6.07, 6.45) is 1.05. The van der Waals surface area contributed by atoms with Crippen molar-refractivity contribution in [2.24, 2.45) is 5.73 Å². The van der Waals surface area contributed by atoms with Crippen LogP contribution < -0.4 is 11.1 Å². The van der Waals surface area contributed by atoms with Gasteiger partial charge in [-0.15, -0.1) is 0 Å². The summed E-state index contributed by atoms with van der Waals surface area (Å²) in [4.78, 5) is 9.69. The maximum Gasteiger partial charge on any atom is 0.184 e. The van der Waals surface area contributed by atoms with Crippen LogP contribution in [0.4, 0.5) is 0 Å². The summed E-state index contributed by atoms with van der Waals surface area (Å²) in [5.41, 5.74) is 5.61. The van der Waals surface area contributed by atoms with E-state index in [1.165, 1.54) is 0 Å². The van der Waals surface area contributed by atoms with Crippen molar-refractivity contribution >= 4 is 8.32 Å². The second-order valence-electron chi connectivity index (χ2n) is 4.08. The van der Waals surface area contributed by atoms with Crippen LogP contribution in [0.15, 0.2) is 0 Å². The summed E-state index contributed by atoms with van der Waals surface area (Å²) in [5, 5.41) is 3.24. The molecule has 0 amide bonds. The molecule has 0 bridgehead atoms. The van der Waals surface area contributed by atoms with Crippen LogP contribution in [0.25, 0.3) is 0 Å². The van der Waals surface area contributed by atoms with E-state index in [-0.39, 0.29) is 6.17 Å². The fraction of sp³-hybridized carbons (Fsp3) is 1.00. The van der Waals surface area contributed by atoms with Gasteiger partial charge in [0.2, 0.25) is 0 Å². The minimum Gasteiger partial charge on any atom is -0.432 e. The van der Waals surface area contributed by atoms with E-state index < -0.39 is 8.32 Å². The van der Waals surface area contributed by atoms with Crippen LogP contribution in [0.5, 0.6) is 0 Å². The first-order valence-electron chi connectivity index (χ1n) is 4.59. The van der Waals surface area contributed by atoms with Crippen molar-refractivity contribution in [3.8, 4) is 0 Å². The Morgan fingerprint density at radius 1 is 1.50 bits per heavy atom. The Morgan fingerprint density at radius 2 is 2.00 bits per heavy atom. The van der Waals surface area contributed by atoms with Gasteiger partial charge in [-0.25, -0.2) is 0 Å². The predicted octanol–water partition coefficient (Wildman–Crippen LogP) is 0.857. The molecule has 0 aromatic rings. The first kappa shape index (κ1) is 12.1. The Morgan fingerprint density at radius 3 is 2.25 bits per heavy atom. The van der Waals surface area contributed by atoms with Gasteiger partial charge in [-0.05, 0) is 32.5 Å². The van der Waals surface area contributed by atoms with Crippen LogP contribution in [0, 0.1) is 0 Å². The molecule has 0 aliphatic rings. The highest BCUT2D eigenvalue weighted by atomic mass is 28.4. The fourth-order valence-corrected chi connectivity index (χ4v) is 2.91. The molecular formula is C8H22N2OSi. The molecule has 4 N–H and O–H groups in total. The number of nitrogens with one attached hydrogen (secondary N) is 1. The van der Waals surface area contributed by atoms with Crippen molar-refractivity contribution in [3.63, 3.8) is 0 Å². The molecule has 0 spiro atoms. The second kappa shape index (κ2) is 4.96. The third-order valence-electron chi connectivity index (χ3n) is 1.74. The normalized spacial score (nSPS) is 17.5. The highest BCUT2D eigenvalue weighted by Crippen LogP contribution is 2.10.